The standard InChI is InChI=1S/C25H21Br2N3O6/c1-14-10-18(26)23(19(27)11-14)28-22(31)13-36-25(33)17-7-5-4-6-16(17)24(32)15-8-9-20(29(2)3)21(12-15)30(34)35/h4-12H,13H2,1-3H3,(H,28,31). The van der Waals surface area contributed by atoms with Gasteiger partial charge in [-0.2, -0.15) is 0 Å². The van der Waals surface area contributed by atoms with Crippen LogP contribution in [0.3, 0.4) is 0 Å². The molecule has 0 heterocycles. The molecule has 0 spiro atoms. The fourth-order valence-corrected chi connectivity index (χ4v) is 5.02. The van der Waals surface area contributed by atoms with Gasteiger partial charge in [-0.1, -0.05) is 18.2 Å². The summed E-state index contributed by atoms with van der Waals surface area (Å²) in [5.74, 6) is -2.05. The van der Waals surface area contributed by atoms with E-state index < -0.39 is 29.2 Å². The SMILES string of the molecule is Cc1cc(Br)c(NC(=O)COC(=O)c2ccccc2C(=O)c2ccc(N(C)C)c([N+](=O)[O-])c2)c(Br)c1. The molecule has 9 nitrogen and oxygen atoms in total. The van der Waals surface area contributed by atoms with Crippen molar-refractivity contribution in [3.8, 4) is 0 Å². The number of nitro groups is 1. The Labute approximate surface area is 223 Å². The van der Waals surface area contributed by atoms with E-state index in [-0.39, 0.29) is 22.4 Å². The number of nitro benzene ring substituents is 1. The maximum absolute atomic E-state index is 13.2. The lowest BCUT2D eigenvalue weighted by atomic mass is 9.97. The summed E-state index contributed by atoms with van der Waals surface area (Å²) >= 11 is 6.76. The molecule has 3 aromatic rings. The minimum Gasteiger partial charge on any atom is -0.452 e. The number of carbonyl (C=O) groups is 3. The van der Waals surface area contributed by atoms with Gasteiger partial charge in [-0.15, -0.1) is 0 Å². The average molecular weight is 619 g/mol. The predicted octanol–water partition coefficient (Wildman–Crippen LogP) is 5.52. The second-order valence-electron chi connectivity index (χ2n) is 7.96. The first-order chi connectivity index (χ1) is 17.0. The Hall–Kier alpha value is -3.57. The fourth-order valence-electron chi connectivity index (χ4n) is 3.41. The zero-order chi connectivity index (χ0) is 26.6. The first-order valence-corrected chi connectivity index (χ1v) is 12.1. The number of hydrogen-bond acceptors (Lipinski definition) is 7. The van der Waals surface area contributed by atoms with Crippen LogP contribution < -0.4 is 10.2 Å². The van der Waals surface area contributed by atoms with Crippen LogP contribution >= 0.6 is 31.9 Å². The molecular formula is C25H21Br2N3O6. The molecule has 0 aliphatic rings. The van der Waals surface area contributed by atoms with Crippen molar-refractivity contribution >= 4 is 66.6 Å². The number of hydrogen-bond donors (Lipinski definition) is 1. The summed E-state index contributed by atoms with van der Waals surface area (Å²) < 4.78 is 6.46. The Morgan fingerprint density at radius 2 is 1.61 bits per heavy atom. The van der Waals surface area contributed by atoms with E-state index in [1.165, 1.54) is 30.3 Å². The highest BCUT2D eigenvalue weighted by Gasteiger charge is 2.24. The molecule has 1 N–H and O–H groups in total. The maximum Gasteiger partial charge on any atom is 0.339 e. The molecule has 186 valence electrons. The first-order valence-electron chi connectivity index (χ1n) is 10.5. The van der Waals surface area contributed by atoms with Crippen molar-refractivity contribution in [2.24, 2.45) is 0 Å². The number of benzene rings is 3. The molecule has 11 heteroatoms. The number of halogens is 2. The van der Waals surface area contributed by atoms with Gasteiger partial charge in [0.05, 0.1) is 16.2 Å². The second kappa shape index (κ2) is 11.4. The number of nitrogens with zero attached hydrogens (tertiary/aromatic N) is 2. The monoisotopic (exact) mass is 617 g/mol. The summed E-state index contributed by atoms with van der Waals surface area (Å²) in [6.07, 6.45) is 0. The van der Waals surface area contributed by atoms with Crippen LogP contribution in [0.15, 0.2) is 63.5 Å². The van der Waals surface area contributed by atoms with Gasteiger partial charge >= 0.3 is 5.97 Å². The third-order valence-corrected chi connectivity index (χ3v) is 6.34. The maximum atomic E-state index is 13.2. The Kier molecular flexibility index (Phi) is 8.59. The number of esters is 1. The summed E-state index contributed by atoms with van der Waals surface area (Å²) in [4.78, 5) is 50.8. The summed E-state index contributed by atoms with van der Waals surface area (Å²) in [5.41, 5.74) is 1.53. The summed E-state index contributed by atoms with van der Waals surface area (Å²) in [7, 11) is 3.31. The van der Waals surface area contributed by atoms with E-state index in [0.717, 1.165) is 5.56 Å². The minimum absolute atomic E-state index is 0.00108. The molecule has 0 saturated heterocycles. The molecule has 0 saturated carbocycles. The molecule has 36 heavy (non-hydrogen) atoms. The van der Waals surface area contributed by atoms with E-state index in [2.05, 4.69) is 37.2 Å². The van der Waals surface area contributed by atoms with Crippen molar-refractivity contribution in [1.29, 1.82) is 0 Å². The quantitative estimate of drug-likeness (QED) is 0.153. The molecule has 0 aliphatic carbocycles. The largest absolute Gasteiger partial charge is 0.452 e. The Balaban J connectivity index is 1.79. The van der Waals surface area contributed by atoms with Gasteiger partial charge in [0.1, 0.15) is 5.69 Å². The second-order valence-corrected chi connectivity index (χ2v) is 9.67. The van der Waals surface area contributed by atoms with Gasteiger partial charge < -0.3 is 15.0 Å². The number of ketones is 1. The van der Waals surface area contributed by atoms with Crippen LogP contribution in [0.2, 0.25) is 0 Å². The van der Waals surface area contributed by atoms with E-state index in [4.69, 9.17) is 4.74 Å². The van der Waals surface area contributed by atoms with E-state index in [1.54, 1.807) is 31.1 Å². The van der Waals surface area contributed by atoms with E-state index in [0.29, 0.717) is 20.3 Å². The molecule has 0 radical (unpaired) electrons. The topological polar surface area (TPSA) is 119 Å². The van der Waals surface area contributed by atoms with Crippen LogP contribution in [0.25, 0.3) is 0 Å². The van der Waals surface area contributed by atoms with Crippen molar-refractivity contribution in [2.45, 2.75) is 6.92 Å². The number of nitrogens with one attached hydrogen (secondary N) is 1. The lowest BCUT2D eigenvalue weighted by Gasteiger charge is -2.14. The zero-order valence-electron chi connectivity index (χ0n) is 19.5. The smallest absolute Gasteiger partial charge is 0.339 e. The fraction of sp³-hybridized carbons (Fsp3) is 0.160. The number of ether oxygens (including phenoxy) is 1. The van der Waals surface area contributed by atoms with Crippen LogP contribution in [0.5, 0.6) is 0 Å². The van der Waals surface area contributed by atoms with Gasteiger partial charge in [0.15, 0.2) is 12.4 Å². The summed E-state index contributed by atoms with van der Waals surface area (Å²) in [5, 5.41) is 14.2. The molecule has 3 rings (SSSR count). The third kappa shape index (κ3) is 6.16. The van der Waals surface area contributed by atoms with E-state index >= 15 is 0 Å². The molecule has 0 aromatic heterocycles. The number of carbonyl (C=O) groups excluding carboxylic acids is 3. The van der Waals surface area contributed by atoms with Gasteiger partial charge in [-0.3, -0.25) is 19.7 Å². The molecular weight excluding hydrogens is 598 g/mol. The molecule has 0 bridgehead atoms. The van der Waals surface area contributed by atoms with E-state index in [9.17, 15) is 24.5 Å². The van der Waals surface area contributed by atoms with Crippen molar-refractivity contribution in [2.75, 3.05) is 30.9 Å². The number of amides is 1. The number of rotatable bonds is 8. The van der Waals surface area contributed by atoms with Gasteiger partial charge in [-0.25, -0.2) is 4.79 Å². The molecule has 0 unspecified atom stereocenters. The normalized spacial score (nSPS) is 10.5. The first kappa shape index (κ1) is 27.0. The van der Waals surface area contributed by atoms with Crippen LogP contribution in [0.1, 0.15) is 31.8 Å². The van der Waals surface area contributed by atoms with Crippen LogP contribution in [-0.2, 0) is 9.53 Å². The minimum atomic E-state index is -0.879. The van der Waals surface area contributed by atoms with Crippen molar-refractivity contribution < 1.29 is 24.0 Å². The van der Waals surface area contributed by atoms with Crippen LogP contribution in [0.4, 0.5) is 17.1 Å². The van der Waals surface area contributed by atoms with Gasteiger partial charge in [0.2, 0.25) is 0 Å². The lowest BCUT2D eigenvalue weighted by molar-refractivity contribution is -0.384. The Bertz CT molecular complexity index is 1350. The van der Waals surface area contributed by atoms with Gasteiger partial charge in [0.25, 0.3) is 11.6 Å². The van der Waals surface area contributed by atoms with E-state index in [1.807, 2.05) is 19.1 Å². The number of aryl methyl sites for hydroxylation is 1. The van der Waals surface area contributed by atoms with Crippen LogP contribution in [0, 0.1) is 17.0 Å². The van der Waals surface area contributed by atoms with Crippen molar-refractivity contribution in [3.63, 3.8) is 0 Å². The molecule has 0 fully saturated rings. The lowest BCUT2D eigenvalue weighted by Crippen LogP contribution is -2.22. The van der Waals surface area contributed by atoms with Crippen LogP contribution in [-0.4, -0.2) is 43.3 Å². The van der Waals surface area contributed by atoms with Gasteiger partial charge in [-0.05, 0) is 74.7 Å². The predicted molar refractivity (Wildman–Crippen MR) is 143 cm³/mol. The Morgan fingerprint density at radius 3 is 2.19 bits per heavy atom. The molecule has 3 aromatic carbocycles. The number of anilines is 2. The van der Waals surface area contributed by atoms with Gasteiger partial charge in [0, 0.05) is 40.2 Å². The van der Waals surface area contributed by atoms with Crippen molar-refractivity contribution in [1.82, 2.24) is 0 Å². The third-order valence-electron chi connectivity index (χ3n) is 5.09. The molecule has 0 aliphatic heterocycles. The zero-order valence-corrected chi connectivity index (χ0v) is 22.7. The highest BCUT2D eigenvalue weighted by Crippen LogP contribution is 2.32. The summed E-state index contributed by atoms with van der Waals surface area (Å²) in [6.45, 7) is 1.31. The van der Waals surface area contributed by atoms with Crippen molar-refractivity contribution in [3.05, 3.63) is 95.9 Å². The molecule has 0 atom stereocenters. The highest BCUT2D eigenvalue weighted by atomic mass is 79.9. The average Bonchev–Trinajstić information content (AvgIpc) is 2.83. The highest BCUT2D eigenvalue weighted by molar-refractivity contribution is 9.11. The Morgan fingerprint density at radius 1 is 1.00 bits per heavy atom. The summed E-state index contributed by atoms with van der Waals surface area (Å²) in [6, 6.07) is 13.7. The molecule has 1 amide bonds.